The van der Waals surface area contributed by atoms with Crippen LogP contribution >= 0.6 is 0 Å². The van der Waals surface area contributed by atoms with E-state index in [4.69, 9.17) is 4.74 Å². The molecule has 0 aliphatic carbocycles. The molecule has 0 radical (unpaired) electrons. The van der Waals surface area contributed by atoms with Gasteiger partial charge < -0.3 is 15.0 Å². The largest absolute Gasteiger partial charge is 0.365 e. The van der Waals surface area contributed by atoms with Crippen molar-refractivity contribution < 1.29 is 9.53 Å². The van der Waals surface area contributed by atoms with E-state index < -0.39 is 0 Å². The molecule has 3 aliphatic heterocycles. The third kappa shape index (κ3) is 2.79. The zero-order chi connectivity index (χ0) is 13.2. The summed E-state index contributed by atoms with van der Waals surface area (Å²) in [5.74, 6) is 0.969. The van der Waals surface area contributed by atoms with Gasteiger partial charge in [-0.05, 0) is 64.5 Å². The molecular formula is C15H26N2O2. The number of rotatable bonds is 2. The molecule has 1 N–H and O–H groups in total. The average Bonchev–Trinajstić information content (AvgIpc) is 3.07. The summed E-state index contributed by atoms with van der Waals surface area (Å²) >= 11 is 0. The average molecular weight is 266 g/mol. The molecule has 0 aromatic heterocycles. The van der Waals surface area contributed by atoms with Gasteiger partial charge in [-0.15, -0.1) is 0 Å². The van der Waals surface area contributed by atoms with E-state index in [1.165, 1.54) is 25.7 Å². The molecule has 3 heterocycles. The zero-order valence-electron chi connectivity index (χ0n) is 11.9. The number of hydrogen-bond acceptors (Lipinski definition) is 3. The number of carbonyl (C=O) groups is 1. The van der Waals surface area contributed by atoms with Crippen molar-refractivity contribution in [3.63, 3.8) is 0 Å². The van der Waals surface area contributed by atoms with Crippen LogP contribution in [0.5, 0.6) is 0 Å². The lowest BCUT2D eigenvalue weighted by Crippen LogP contribution is -2.47. The highest BCUT2D eigenvalue weighted by atomic mass is 16.5. The van der Waals surface area contributed by atoms with Crippen LogP contribution in [0.4, 0.5) is 0 Å². The van der Waals surface area contributed by atoms with Crippen LogP contribution in [-0.4, -0.2) is 48.7 Å². The topological polar surface area (TPSA) is 41.6 Å². The fourth-order valence-corrected chi connectivity index (χ4v) is 3.95. The molecule has 0 bridgehead atoms. The highest BCUT2D eigenvalue weighted by Crippen LogP contribution is 2.32. The minimum absolute atomic E-state index is 0.155. The second-order valence-electron chi connectivity index (χ2n) is 6.34. The lowest BCUT2D eigenvalue weighted by Gasteiger charge is -2.35. The number of likely N-dealkylation sites (tertiary alicyclic amines) is 1. The van der Waals surface area contributed by atoms with Crippen molar-refractivity contribution in [2.45, 2.75) is 63.7 Å². The van der Waals surface area contributed by atoms with Crippen LogP contribution < -0.4 is 5.32 Å². The van der Waals surface area contributed by atoms with E-state index in [9.17, 15) is 4.79 Å². The normalized spacial score (nSPS) is 36.9. The van der Waals surface area contributed by atoms with Gasteiger partial charge in [0.15, 0.2) is 0 Å². The maximum atomic E-state index is 12.6. The molecule has 3 atom stereocenters. The van der Waals surface area contributed by atoms with Crippen molar-refractivity contribution in [3.05, 3.63) is 0 Å². The van der Waals surface area contributed by atoms with E-state index in [0.717, 1.165) is 32.5 Å². The monoisotopic (exact) mass is 266 g/mol. The number of nitrogens with zero attached hydrogens (tertiary/aromatic N) is 1. The highest BCUT2D eigenvalue weighted by Gasteiger charge is 2.39. The van der Waals surface area contributed by atoms with Crippen LogP contribution in [0.15, 0.2) is 0 Å². The number of hydrogen-bond donors (Lipinski definition) is 1. The van der Waals surface area contributed by atoms with E-state index in [0.29, 0.717) is 12.0 Å². The number of piperidine rings is 1. The van der Waals surface area contributed by atoms with Crippen LogP contribution in [0.3, 0.4) is 0 Å². The summed E-state index contributed by atoms with van der Waals surface area (Å²) in [7, 11) is 0. The Bertz CT molecular complexity index is 328. The third-order valence-electron chi connectivity index (χ3n) is 5.02. The lowest BCUT2D eigenvalue weighted by molar-refractivity contribution is -0.144. The Kier molecular flexibility index (Phi) is 4.08. The third-order valence-corrected chi connectivity index (χ3v) is 5.02. The van der Waals surface area contributed by atoms with Crippen molar-refractivity contribution in [3.8, 4) is 0 Å². The summed E-state index contributed by atoms with van der Waals surface area (Å²) in [5.41, 5.74) is 0. The maximum Gasteiger partial charge on any atom is 0.251 e. The van der Waals surface area contributed by atoms with E-state index in [1.807, 2.05) is 0 Å². The van der Waals surface area contributed by atoms with Crippen molar-refractivity contribution in [1.82, 2.24) is 10.2 Å². The zero-order valence-corrected chi connectivity index (χ0v) is 11.9. The van der Waals surface area contributed by atoms with Crippen LogP contribution in [0.1, 0.15) is 45.4 Å². The van der Waals surface area contributed by atoms with Crippen molar-refractivity contribution in [2.24, 2.45) is 5.92 Å². The van der Waals surface area contributed by atoms with E-state index in [2.05, 4.69) is 17.1 Å². The Balaban J connectivity index is 1.63. The van der Waals surface area contributed by atoms with Gasteiger partial charge in [0.25, 0.3) is 5.91 Å². The minimum Gasteiger partial charge on any atom is -0.365 e. The Morgan fingerprint density at radius 3 is 2.63 bits per heavy atom. The second kappa shape index (κ2) is 5.80. The first-order valence-corrected chi connectivity index (χ1v) is 7.92. The molecule has 1 amide bonds. The van der Waals surface area contributed by atoms with Gasteiger partial charge in [-0.3, -0.25) is 4.79 Å². The molecule has 108 valence electrons. The van der Waals surface area contributed by atoms with Gasteiger partial charge >= 0.3 is 0 Å². The Labute approximate surface area is 115 Å². The fraction of sp³-hybridized carbons (Fsp3) is 0.933. The van der Waals surface area contributed by atoms with E-state index >= 15 is 0 Å². The summed E-state index contributed by atoms with van der Waals surface area (Å²) in [6.45, 7) is 5.24. The second-order valence-corrected chi connectivity index (χ2v) is 6.34. The summed E-state index contributed by atoms with van der Waals surface area (Å²) in [6.07, 6.45) is 6.84. The predicted octanol–water partition coefficient (Wildman–Crippen LogP) is 1.54. The lowest BCUT2D eigenvalue weighted by atomic mass is 9.88. The number of amides is 1. The first-order valence-electron chi connectivity index (χ1n) is 7.92. The molecular weight excluding hydrogens is 240 g/mol. The van der Waals surface area contributed by atoms with Gasteiger partial charge in [0.05, 0.1) is 6.10 Å². The molecule has 3 unspecified atom stereocenters. The molecule has 19 heavy (non-hydrogen) atoms. The maximum absolute atomic E-state index is 12.6. The van der Waals surface area contributed by atoms with Gasteiger partial charge in [0, 0.05) is 12.6 Å². The molecule has 3 aliphatic rings. The first-order chi connectivity index (χ1) is 9.25. The van der Waals surface area contributed by atoms with Crippen molar-refractivity contribution in [1.29, 1.82) is 0 Å². The Hall–Kier alpha value is -0.610. The fourth-order valence-electron chi connectivity index (χ4n) is 3.95. The molecule has 3 saturated heterocycles. The van der Waals surface area contributed by atoms with E-state index in [1.54, 1.807) is 0 Å². The quantitative estimate of drug-likeness (QED) is 0.824. The molecule has 4 heteroatoms. The standard InChI is InChI=1S/C15H26N2O2/c1-11-4-5-14(19-11)15(18)17-10-2-3-13(17)12-6-8-16-9-7-12/h11-14,16H,2-10H2,1H3. The van der Waals surface area contributed by atoms with E-state index in [-0.39, 0.29) is 18.1 Å². The van der Waals surface area contributed by atoms with Gasteiger partial charge in [0.1, 0.15) is 6.10 Å². The predicted molar refractivity (Wildman–Crippen MR) is 73.9 cm³/mol. The molecule has 0 spiro atoms. The molecule has 3 fully saturated rings. The highest BCUT2D eigenvalue weighted by molar-refractivity contribution is 5.81. The van der Waals surface area contributed by atoms with Crippen molar-refractivity contribution >= 4 is 5.91 Å². The van der Waals surface area contributed by atoms with Crippen LogP contribution in [0, 0.1) is 5.92 Å². The van der Waals surface area contributed by atoms with Crippen LogP contribution in [0.2, 0.25) is 0 Å². The summed E-state index contributed by atoms with van der Waals surface area (Å²) < 4.78 is 5.77. The number of ether oxygens (including phenoxy) is 1. The minimum atomic E-state index is -0.155. The Morgan fingerprint density at radius 2 is 1.95 bits per heavy atom. The van der Waals surface area contributed by atoms with Gasteiger partial charge in [-0.1, -0.05) is 0 Å². The molecule has 0 saturated carbocycles. The summed E-state index contributed by atoms with van der Waals surface area (Å²) in [6, 6.07) is 0.481. The molecule has 4 nitrogen and oxygen atoms in total. The first kappa shape index (κ1) is 13.4. The summed E-state index contributed by atoms with van der Waals surface area (Å²) in [5, 5.41) is 3.42. The van der Waals surface area contributed by atoms with Crippen LogP contribution in [-0.2, 0) is 9.53 Å². The summed E-state index contributed by atoms with van der Waals surface area (Å²) in [4.78, 5) is 14.8. The Morgan fingerprint density at radius 1 is 1.16 bits per heavy atom. The van der Waals surface area contributed by atoms with Gasteiger partial charge in [-0.25, -0.2) is 0 Å². The van der Waals surface area contributed by atoms with Gasteiger partial charge in [-0.2, -0.15) is 0 Å². The molecule has 3 rings (SSSR count). The van der Waals surface area contributed by atoms with Crippen molar-refractivity contribution in [2.75, 3.05) is 19.6 Å². The molecule has 0 aromatic rings. The SMILES string of the molecule is CC1CCC(C(=O)N2CCCC2C2CCNCC2)O1. The number of carbonyl (C=O) groups excluding carboxylic acids is 1. The van der Waals surface area contributed by atoms with Gasteiger partial charge in [0.2, 0.25) is 0 Å². The number of nitrogens with one attached hydrogen (secondary N) is 1. The molecule has 0 aromatic carbocycles. The van der Waals surface area contributed by atoms with Crippen LogP contribution in [0.25, 0.3) is 0 Å². The smallest absolute Gasteiger partial charge is 0.251 e.